The Kier molecular flexibility index (Phi) is 6.65. The van der Waals surface area contributed by atoms with Gasteiger partial charge in [0.25, 0.3) is 0 Å². The Morgan fingerprint density at radius 2 is 2.41 bits per heavy atom. The number of carbonyl (C=O) groups excluding carboxylic acids is 1. The fourth-order valence-corrected chi connectivity index (χ4v) is 2.62. The van der Waals surface area contributed by atoms with Gasteiger partial charge in [-0.25, -0.2) is 0 Å². The number of nitrogens with one attached hydrogen (secondary N) is 1. The van der Waals surface area contributed by atoms with Crippen molar-refractivity contribution in [3.05, 3.63) is 0 Å². The fraction of sp³-hybridized carbons (Fsp3) is 0.818. The molecular formula is C11H21N3OS2. The highest BCUT2D eigenvalue weighted by molar-refractivity contribution is 7.98. The first-order valence-electron chi connectivity index (χ1n) is 5.96. The third-order valence-electron chi connectivity index (χ3n) is 2.91. The standard InChI is InChI=1S/C11H21N3OS2/c1-17-7-3-5-13-11(16)14-6-2-4-9(8-14)10(12)15/h9H,2-8H2,1H3,(H2,12,15)(H,13,16). The summed E-state index contributed by atoms with van der Waals surface area (Å²) >= 11 is 7.15. The molecule has 1 aliphatic rings. The van der Waals surface area contributed by atoms with Crippen LogP contribution in [0.25, 0.3) is 0 Å². The smallest absolute Gasteiger partial charge is 0.222 e. The molecule has 0 aromatic carbocycles. The molecule has 1 fully saturated rings. The number of primary amides is 1. The van der Waals surface area contributed by atoms with Gasteiger partial charge < -0.3 is 16.0 Å². The number of hydrogen-bond donors (Lipinski definition) is 2. The molecule has 0 saturated carbocycles. The van der Waals surface area contributed by atoms with Crippen molar-refractivity contribution in [2.45, 2.75) is 19.3 Å². The second-order valence-electron chi connectivity index (χ2n) is 4.27. The van der Waals surface area contributed by atoms with E-state index in [1.165, 1.54) is 0 Å². The van der Waals surface area contributed by atoms with E-state index >= 15 is 0 Å². The molecule has 0 spiro atoms. The van der Waals surface area contributed by atoms with E-state index in [-0.39, 0.29) is 11.8 Å². The first-order chi connectivity index (χ1) is 8.15. The summed E-state index contributed by atoms with van der Waals surface area (Å²) in [6, 6.07) is 0. The van der Waals surface area contributed by atoms with Gasteiger partial charge in [-0.15, -0.1) is 0 Å². The van der Waals surface area contributed by atoms with Gasteiger partial charge in [0, 0.05) is 19.6 Å². The van der Waals surface area contributed by atoms with Crippen LogP contribution < -0.4 is 11.1 Å². The third-order valence-corrected chi connectivity index (χ3v) is 4.01. The Morgan fingerprint density at radius 1 is 1.65 bits per heavy atom. The van der Waals surface area contributed by atoms with E-state index in [0.29, 0.717) is 6.54 Å². The zero-order valence-electron chi connectivity index (χ0n) is 10.3. The van der Waals surface area contributed by atoms with Crippen LogP contribution in [0.4, 0.5) is 0 Å². The van der Waals surface area contributed by atoms with E-state index in [2.05, 4.69) is 16.5 Å². The average Bonchev–Trinajstić information content (AvgIpc) is 2.34. The molecule has 0 aromatic heterocycles. The third kappa shape index (κ3) is 5.12. The van der Waals surface area contributed by atoms with Crippen LogP contribution in [0.1, 0.15) is 19.3 Å². The second-order valence-corrected chi connectivity index (χ2v) is 5.64. The molecule has 1 aliphatic heterocycles. The number of carbonyl (C=O) groups is 1. The highest BCUT2D eigenvalue weighted by Gasteiger charge is 2.24. The molecule has 1 atom stereocenters. The van der Waals surface area contributed by atoms with Crippen LogP contribution in [0, 0.1) is 5.92 Å². The summed E-state index contributed by atoms with van der Waals surface area (Å²) in [5, 5.41) is 4.00. The van der Waals surface area contributed by atoms with Crippen molar-refractivity contribution >= 4 is 35.0 Å². The Hall–Kier alpha value is -0.490. The monoisotopic (exact) mass is 275 g/mol. The number of nitrogens with zero attached hydrogens (tertiary/aromatic N) is 1. The normalized spacial score (nSPS) is 20.1. The van der Waals surface area contributed by atoms with Crippen molar-refractivity contribution in [3.63, 3.8) is 0 Å². The van der Waals surface area contributed by atoms with Gasteiger partial charge in [0.2, 0.25) is 5.91 Å². The number of nitrogens with two attached hydrogens (primary N) is 1. The molecule has 0 radical (unpaired) electrons. The summed E-state index contributed by atoms with van der Waals surface area (Å²) in [6.45, 7) is 2.50. The van der Waals surface area contributed by atoms with Crippen molar-refractivity contribution in [2.75, 3.05) is 31.6 Å². The zero-order valence-corrected chi connectivity index (χ0v) is 11.9. The van der Waals surface area contributed by atoms with Crippen molar-refractivity contribution in [3.8, 4) is 0 Å². The lowest BCUT2D eigenvalue weighted by molar-refractivity contribution is -0.122. The second kappa shape index (κ2) is 7.76. The molecule has 0 aromatic rings. The van der Waals surface area contributed by atoms with Crippen LogP contribution in [0.5, 0.6) is 0 Å². The van der Waals surface area contributed by atoms with E-state index in [4.69, 9.17) is 18.0 Å². The van der Waals surface area contributed by atoms with Crippen LogP contribution in [0.2, 0.25) is 0 Å². The summed E-state index contributed by atoms with van der Waals surface area (Å²) in [4.78, 5) is 13.2. The molecular weight excluding hydrogens is 254 g/mol. The minimum absolute atomic E-state index is 0.0466. The lowest BCUT2D eigenvalue weighted by atomic mass is 9.98. The number of thioether (sulfide) groups is 1. The molecule has 1 unspecified atom stereocenters. The average molecular weight is 275 g/mol. The molecule has 1 saturated heterocycles. The minimum Gasteiger partial charge on any atom is -0.369 e. The summed E-state index contributed by atoms with van der Waals surface area (Å²) in [5.41, 5.74) is 5.34. The van der Waals surface area contributed by atoms with Crippen molar-refractivity contribution < 1.29 is 4.79 Å². The molecule has 6 heteroatoms. The van der Waals surface area contributed by atoms with Gasteiger partial charge in [-0.05, 0) is 43.5 Å². The van der Waals surface area contributed by atoms with Gasteiger partial charge >= 0.3 is 0 Å². The number of amides is 1. The molecule has 1 rings (SSSR count). The maximum Gasteiger partial charge on any atom is 0.222 e. The lowest BCUT2D eigenvalue weighted by Gasteiger charge is -2.33. The van der Waals surface area contributed by atoms with Crippen LogP contribution in [-0.4, -0.2) is 47.6 Å². The van der Waals surface area contributed by atoms with Gasteiger partial charge in [-0.1, -0.05) is 0 Å². The van der Waals surface area contributed by atoms with Crippen LogP contribution in [0.15, 0.2) is 0 Å². The highest BCUT2D eigenvalue weighted by atomic mass is 32.2. The minimum atomic E-state index is -0.208. The summed E-state index contributed by atoms with van der Waals surface area (Å²) in [7, 11) is 0. The van der Waals surface area contributed by atoms with E-state index < -0.39 is 0 Å². The van der Waals surface area contributed by atoms with E-state index in [1.54, 1.807) is 0 Å². The topological polar surface area (TPSA) is 58.4 Å². The molecule has 4 nitrogen and oxygen atoms in total. The summed E-state index contributed by atoms with van der Waals surface area (Å²) in [6.07, 6.45) is 5.08. The number of likely N-dealkylation sites (tertiary alicyclic amines) is 1. The van der Waals surface area contributed by atoms with Gasteiger partial charge in [0.1, 0.15) is 0 Å². The van der Waals surface area contributed by atoms with E-state index in [1.807, 2.05) is 11.8 Å². The Bertz CT molecular complexity index is 273. The van der Waals surface area contributed by atoms with E-state index in [0.717, 1.165) is 43.2 Å². The lowest BCUT2D eigenvalue weighted by Crippen LogP contribution is -2.48. The maximum absolute atomic E-state index is 11.2. The van der Waals surface area contributed by atoms with Crippen molar-refractivity contribution in [1.82, 2.24) is 10.2 Å². The molecule has 17 heavy (non-hydrogen) atoms. The molecule has 3 N–H and O–H groups in total. The van der Waals surface area contributed by atoms with Crippen molar-refractivity contribution in [2.24, 2.45) is 11.7 Å². The highest BCUT2D eigenvalue weighted by Crippen LogP contribution is 2.15. The predicted octanol–water partition coefficient (Wildman–Crippen LogP) is 0.811. The number of hydrogen-bond acceptors (Lipinski definition) is 3. The Balaban J connectivity index is 2.28. The Labute approximate surface area is 113 Å². The quantitative estimate of drug-likeness (QED) is 0.574. The molecule has 0 bridgehead atoms. The van der Waals surface area contributed by atoms with Crippen molar-refractivity contribution in [1.29, 1.82) is 0 Å². The summed E-state index contributed by atoms with van der Waals surface area (Å²) in [5.74, 6) is 0.883. The first-order valence-corrected chi connectivity index (χ1v) is 7.76. The van der Waals surface area contributed by atoms with E-state index in [9.17, 15) is 4.79 Å². The molecule has 1 amide bonds. The molecule has 98 valence electrons. The van der Waals surface area contributed by atoms with Gasteiger partial charge in [0.15, 0.2) is 5.11 Å². The first kappa shape index (κ1) is 14.6. The fourth-order valence-electron chi connectivity index (χ4n) is 1.92. The molecule has 1 heterocycles. The van der Waals surface area contributed by atoms with Gasteiger partial charge in [-0.3, -0.25) is 4.79 Å². The largest absolute Gasteiger partial charge is 0.369 e. The van der Waals surface area contributed by atoms with Crippen LogP contribution >= 0.6 is 24.0 Å². The number of rotatable bonds is 5. The Morgan fingerprint density at radius 3 is 3.06 bits per heavy atom. The van der Waals surface area contributed by atoms with Gasteiger partial charge in [0.05, 0.1) is 5.92 Å². The maximum atomic E-state index is 11.2. The zero-order chi connectivity index (χ0) is 12.7. The number of thiocarbonyl (C=S) groups is 1. The number of piperidine rings is 1. The predicted molar refractivity (Wildman–Crippen MR) is 77.1 cm³/mol. The summed E-state index contributed by atoms with van der Waals surface area (Å²) < 4.78 is 0. The van der Waals surface area contributed by atoms with Crippen LogP contribution in [-0.2, 0) is 4.79 Å². The molecule has 0 aliphatic carbocycles. The van der Waals surface area contributed by atoms with Crippen LogP contribution in [0.3, 0.4) is 0 Å². The van der Waals surface area contributed by atoms with Gasteiger partial charge in [-0.2, -0.15) is 11.8 Å². The SMILES string of the molecule is CSCCCNC(=S)N1CCCC(C(N)=O)C1.